The molecular weight excluding hydrogens is 362 g/mol. The summed E-state index contributed by atoms with van der Waals surface area (Å²) in [5.41, 5.74) is 3.85. The summed E-state index contributed by atoms with van der Waals surface area (Å²) in [4.78, 5) is 16.5. The van der Waals surface area contributed by atoms with E-state index in [1.54, 1.807) is 0 Å². The van der Waals surface area contributed by atoms with Gasteiger partial charge in [0.2, 0.25) is 0 Å². The van der Waals surface area contributed by atoms with E-state index < -0.39 is 0 Å². The molecule has 4 nitrogen and oxygen atoms in total. The Kier molecular flexibility index (Phi) is 4.13. The second-order valence-corrected chi connectivity index (χ2v) is 6.95. The van der Waals surface area contributed by atoms with Crippen LogP contribution in [0, 0.1) is 13.8 Å². The third kappa shape index (κ3) is 3.28. The van der Waals surface area contributed by atoms with Gasteiger partial charge in [-0.25, -0.2) is 9.78 Å². The highest BCUT2D eigenvalue weighted by Crippen LogP contribution is 2.30. The number of fused-ring (bicyclic) bond motifs is 1. The van der Waals surface area contributed by atoms with Gasteiger partial charge in [-0.3, -0.25) is 5.32 Å². The molecule has 2 N–H and O–H groups in total. The fourth-order valence-corrected chi connectivity index (χ4v) is 3.75. The minimum atomic E-state index is -0.292. The Bertz CT molecular complexity index is 839. The Hall–Kier alpha value is -1.92. The third-order valence-electron chi connectivity index (χ3n) is 3.07. The van der Waals surface area contributed by atoms with Crippen LogP contribution in [0.4, 0.5) is 15.6 Å². The number of carbonyl (C=O) groups excluding carboxylic acids is 1. The van der Waals surface area contributed by atoms with Gasteiger partial charge in [0.05, 0.1) is 10.2 Å². The first kappa shape index (κ1) is 15.0. The van der Waals surface area contributed by atoms with Crippen molar-refractivity contribution in [2.45, 2.75) is 13.8 Å². The van der Waals surface area contributed by atoms with Gasteiger partial charge in [0, 0.05) is 10.2 Å². The molecule has 0 saturated heterocycles. The quantitative estimate of drug-likeness (QED) is 0.636. The number of hydrogen-bond donors (Lipinski definition) is 2. The number of urea groups is 1. The maximum Gasteiger partial charge on any atom is 0.325 e. The molecule has 2 aromatic carbocycles. The molecule has 0 bridgehead atoms. The molecule has 112 valence electrons. The summed E-state index contributed by atoms with van der Waals surface area (Å²) < 4.78 is 1.94. The van der Waals surface area contributed by atoms with Crippen LogP contribution in [0.5, 0.6) is 0 Å². The molecule has 0 saturated carbocycles. The Morgan fingerprint density at radius 1 is 1.14 bits per heavy atom. The van der Waals surface area contributed by atoms with E-state index in [2.05, 4.69) is 37.6 Å². The number of anilines is 2. The molecular formula is C16H14BrN3OS. The monoisotopic (exact) mass is 375 g/mol. The van der Waals surface area contributed by atoms with Crippen molar-refractivity contribution in [3.8, 4) is 0 Å². The van der Waals surface area contributed by atoms with Crippen LogP contribution >= 0.6 is 27.3 Å². The molecule has 0 atom stereocenters. The standard InChI is InChI=1S/C16H14BrN3OS/c1-9-6-10(2)8-11(7-9)18-15(21)20-16-19-14-12(17)4-3-5-13(14)22-16/h3-8H,1-2H3,(H2,18,19,20,21). The van der Waals surface area contributed by atoms with Gasteiger partial charge in [-0.05, 0) is 65.2 Å². The average molecular weight is 376 g/mol. The molecule has 0 radical (unpaired) electrons. The highest BCUT2D eigenvalue weighted by Gasteiger charge is 2.10. The molecule has 1 aromatic heterocycles. The molecule has 0 aliphatic heterocycles. The van der Waals surface area contributed by atoms with Crippen molar-refractivity contribution in [3.05, 3.63) is 52.0 Å². The Morgan fingerprint density at radius 3 is 2.55 bits per heavy atom. The third-order valence-corrected chi connectivity index (χ3v) is 4.65. The number of thiazole rings is 1. The fraction of sp³-hybridized carbons (Fsp3) is 0.125. The second kappa shape index (κ2) is 6.06. The maximum atomic E-state index is 12.1. The molecule has 3 rings (SSSR count). The number of aromatic nitrogens is 1. The highest BCUT2D eigenvalue weighted by molar-refractivity contribution is 9.10. The van der Waals surface area contributed by atoms with E-state index in [1.807, 2.05) is 44.2 Å². The SMILES string of the molecule is Cc1cc(C)cc(NC(=O)Nc2nc3c(Br)cccc3s2)c1. The molecule has 22 heavy (non-hydrogen) atoms. The van der Waals surface area contributed by atoms with Crippen LogP contribution in [0.15, 0.2) is 40.9 Å². The lowest BCUT2D eigenvalue weighted by atomic mass is 10.1. The lowest BCUT2D eigenvalue weighted by Gasteiger charge is -2.07. The molecule has 0 aliphatic carbocycles. The zero-order valence-electron chi connectivity index (χ0n) is 12.1. The minimum Gasteiger partial charge on any atom is -0.308 e. The Balaban J connectivity index is 1.76. The van der Waals surface area contributed by atoms with E-state index in [4.69, 9.17) is 0 Å². The predicted octanol–water partition coefficient (Wildman–Crippen LogP) is 5.32. The van der Waals surface area contributed by atoms with E-state index in [0.717, 1.165) is 31.5 Å². The van der Waals surface area contributed by atoms with Gasteiger partial charge < -0.3 is 5.32 Å². The molecule has 0 aliphatic rings. The number of nitrogens with one attached hydrogen (secondary N) is 2. The van der Waals surface area contributed by atoms with Crippen LogP contribution in [0.25, 0.3) is 10.2 Å². The van der Waals surface area contributed by atoms with Crippen molar-refractivity contribution >= 4 is 54.3 Å². The van der Waals surface area contributed by atoms with Gasteiger partial charge >= 0.3 is 6.03 Å². The summed E-state index contributed by atoms with van der Waals surface area (Å²) in [6.45, 7) is 4.00. The fourth-order valence-electron chi connectivity index (χ4n) is 2.27. The van der Waals surface area contributed by atoms with Crippen LogP contribution in [0.1, 0.15) is 11.1 Å². The van der Waals surface area contributed by atoms with E-state index >= 15 is 0 Å². The van der Waals surface area contributed by atoms with Gasteiger partial charge in [-0.2, -0.15) is 0 Å². The smallest absolute Gasteiger partial charge is 0.308 e. The van der Waals surface area contributed by atoms with E-state index in [-0.39, 0.29) is 6.03 Å². The number of halogens is 1. The normalized spacial score (nSPS) is 10.7. The van der Waals surface area contributed by atoms with Crippen LogP contribution in [0.3, 0.4) is 0 Å². The molecule has 2 amide bonds. The molecule has 3 aromatic rings. The lowest BCUT2D eigenvalue weighted by molar-refractivity contribution is 0.262. The van der Waals surface area contributed by atoms with Gasteiger partial charge in [-0.15, -0.1) is 0 Å². The van der Waals surface area contributed by atoms with Crippen LogP contribution in [-0.4, -0.2) is 11.0 Å². The summed E-state index contributed by atoms with van der Waals surface area (Å²) in [5, 5.41) is 6.19. The first-order valence-electron chi connectivity index (χ1n) is 6.72. The topological polar surface area (TPSA) is 54.0 Å². The van der Waals surface area contributed by atoms with Crippen molar-refractivity contribution in [1.29, 1.82) is 0 Å². The first-order chi connectivity index (χ1) is 10.5. The number of nitrogens with zero attached hydrogens (tertiary/aromatic N) is 1. The molecule has 1 heterocycles. The molecule has 0 fully saturated rings. The van der Waals surface area contributed by atoms with Crippen LogP contribution in [-0.2, 0) is 0 Å². The number of aryl methyl sites for hydroxylation is 2. The maximum absolute atomic E-state index is 12.1. The summed E-state index contributed by atoms with van der Waals surface area (Å²) in [7, 11) is 0. The Morgan fingerprint density at radius 2 is 1.86 bits per heavy atom. The predicted molar refractivity (Wildman–Crippen MR) is 95.9 cm³/mol. The van der Waals surface area contributed by atoms with Crippen molar-refractivity contribution in [2.75, 3.05) is 10.6 Å². The number of carbonyl (C=O) groups is 1. The van der Waals surface area contributed by atoms with E-state index in [1.165, 1.54) is 11.3 Å². The summed E-state index contributed by atoms with van der Waals surface area (Å²) in [5.74, 6) is 0. The van der Waals surface area contributed by atoms with Gasteiger partial charge in [0.25, 0.3) is 0 Å². The molecule has 0 spiro atoms. The molecule has 0 unspecified atom stereocenters. The first-order valence-corrected chi connectivity index (χ1v) is 8.33. The van der Waals surface area contributed by atoms with Gasteiger partial charge in [0.1, 0.15) is 0 Å². The number of rotatable bonds is 2. The summed E-state index contributed by atoms with van der Waals surface area (Å²) in [6, 6.07) is 11.5. The van der Waals surface area contributed by atoms with E-state index in [0.29, 0.717) is 5.13 Å². The summed E-state index contributed by atoms with van der Waals surface area (Å²) >= 11 is 4.91. The summed E-state index contributed by atoms with van der Waals surface area (Å²) in [6.07, 6.45) is 0. The minimum absolute atomic E-state index is 0.292. The number of para-hydroxylation sites is 1. The second-order valence-electron chi connectivity index (χ2n) is 5.06. The van der Waals surface area contributed by atoms with Crippen molar-refractivity contribution in [1.82, 2.24) is 4.98 Å². The number of benzene rings is 2. The van der Waals surface area contributed by atoms with E-state index in [9.17, 15) is 4.79 Å². The van der Waals surface area contributed by atoms with Crippen molar-refractivity contribution in [3.63, 3.8) is 0 Å². The van der Waals surface area contributed by atoms with Crippen molar-refractivity contribution in [2.24, 2.45) is 0 Å². The van der Waals surface area contributed by atoms with Crippen LogP contribution in [0.2, 0.25) is 0 Å². The zero-order chi connectivity index (χ0) is 15.7. The number of amides is 2. The Labute approximate surface area is 140 Å². The van der Waals surface area contributed by atoms with Gasteiger partial charge in [-0.1, -0.05) is 23.5 Å². The zero-order valence-corrected chi connectivity index (χ0v) is 14.5. The molecule has 6 heteroatoms. The van der Waals surface area contributed by atoms with Crippen molar-refractivity contribution < 1.29 is 4.79 Å². The largest absolute Gasteiger partial charge is 0.325 e. The lowest BCUT2D eigenvalue weighted by Crippen LogP contribution is -2.19. The van der Waals surface area contributed by atoms with Gasteiger partial charge in [0.15, 0.2) is 5.13 Å². The average Bonchev–Trinajstić information content (AvgIpc) is 2.81. The van der Waals surface area contributed by atoms with Crippen LogP contribution < -0.4 is 10.6 Å². The number of hydrogen-bond acceptors (Lipinski definition) is 3. The highest BCUT2D eigenvalue weighted by atomic mass is 79.9.